The Morgan fingerprint density at radius 2 is 0.750 bits per heavy atom. The molecule has 0 fully saturated rings. The van der Waals surface area contributed by atoms with Gasteiger partial charge in [0.05, 0.1) is 13.1 Å². The third-order valence-corrected chi connectivity index (χ3v) is 4.08. The Labute approximate surface area is 213 Å². The summed E-state index contributed by atoms with van der Waals surface area (Å²) in [6.07, 6.45) is 13.1. The van der Waals surface area contributed by atoms with Crippen molar-refractivity contribution < 1.29 is 49.8 Å². The number of aliphatic imine (C=N–C) groups is 2. The van der Waals surface area contributed by atoms with Crippen molar-refractivity contribution in [1.29, 1.82) is 0 Å². The van der Waals surface area contributed by atoms with Gasteiger partial charge in [0.2, 0.25) is 12.2 Å². The molecular formula is C24H46N2O10. The normalized spacial score (nSPS) is 9.00. The van der Waals surface area contributed by atoms with Crippen LogP contribution in [0.15, 0.2) is 9.98 Å². The van der Waals surface area contributed by atoms with Gasteiger partial charge < -0.3 is 30.6 Å². The van der Waals surface area contributed by atoms with E-state index in [2.05, 4.69) is 9.98 Å². The van der Waals surface area contributed by atoms with E-state index in [9.17, 15) is 19.2 Å². The van der Waals surface area contributed by atoms with E-state index in [1.54, 1.807) is 0 Å². The first-order chi connectivity index (χ1) is 17.4. The Hall–Kier alpha value is -2.46. The predicted molar refractivity (Wildman–Crippen MR) is 134 cm³/mol. The molecule has 0 aliphatic carbocycles. The highest BCUT2D eigenvalue weighted by Crippen LogP contribution is 2.00. The van der Waals surface area contributed by atoms with Gasteiger partial charge >= 0.3 is 11.9 Å². The number of carbonyl (C=O) groups is 2. The zero-order valence-electron chi connectivity index (χ0n) is 21.4. The summed E-state index contributed by atoms with van der Waals surface area (Å²) in [5.74, 6) is -1.74. The average molecular weight is 523 g/mol. The summed E-state index contributed by atoms with van der Waals surface area (Å²) in [5, 5.41) is 49.0. The number of unbranched alkanes of at least 4 members (excludes halogenated alkanes) is 8. The highest BCUT2D eigenvalue weighted by molar-refractivity contribution is 5.67. The Kier molecular flexibility index (Phi) is 48.2. The van der Waals surface area contributed by atoms with Gasteiger partial charge in [0.15, 0.2) is 0 Å². The third kappa shape index (κ3) is 63.4. The van der Waals surface area contributed by atoms with Crippen molar-refractivity contribution in [3.8, 4) is 0 Å². The molecule has 0 saturated heterocycles. The van der Waals surface area contributed by atoms with Crippen molar-refractivity contribution in [3.05, 3.63) is 0 Å². The molecule has 0 aromatic carbocycles. The van der Waals surface area contributed by atoms with Crippen LogP contribution in [0, 0.1) is 0 Å². The van der Waals surface area contributed by atoms with Crippen LogP contribution in [-0.4, -0.2) is 94.3 Å². The lowest BCUT2D eigenvalue weighted by molar-refractivity contribution is -0.139. The summed E-state index contributed by atoms with van der Waals surface area (Å²) < 4.78 is 0. The van der Waals surface area contributed by atoms with Gasteiger partial charge in [0.25, 0.3) is 0 Å². The molecule has 0 amide bonds. The average Bonchev–Trinajstić information content (AvgIpc) is 2.86. The van der Waals surface area contributed by atoms with Crippen molar-refractivity contribution in [3.63, 3.8) is 0 Å². The summed E-state index contributed by atoms with van der Waals surface area (Å²) >= 11 is 0. The summed E-state index contributed by atoms with van der Waals surface area (Å²) in [7, 11) is 0. The fourth-order valence-electron chi connectivity index (χ4n) is 2.18. The second-order valence-corrected chi connectivity index (χ2v) is 7.37. The lowest BCUT2D eigenvalue weighted by atomic mass is 10.2. The minimum absolute atomic E-state index is 0.0628. The number of carbonyl (C=O) groups excluding carboxylic acids is 2. The number of aliphatic hydroxyl groups is 4. The molecule has 12 nitrogen and oxygen atoms in total. The van der Waals surface area contributed by atoms with Crippen molar-refractivity contribution in [2.45, 2.75) is 89.9 Å². The molecule has 36 heavy (non-hydrogen) atoms. The SMILES string of the molecule is O=C(O)CCCCC(=O)O.O=C=NCCCCCCN=C=O.OCCCCCCO.OCCCCO. The number of hydrogen-bond donors (Lipinski definition) is 6. The fourth-order valence-corrected chi connectivity index (χ4v) is 2.18. The molecule has 0 heterocycles. The van der Waals surface area contributed by atoms with Gasteiger partial charge in [-0.05, 0) is 51.4 Å². The first-order valence-electron chi connectivity index (χ1n) is 12.3. The molecule has 0 radical (unpaired) electrons. The van der Waals surface area contributed by atoms with Crippen LogP contribution < -0.4 is 0 Å². The summed E-state index contributed by atoms with van der Waals surface area (Å²) in [6.45, 7) is 2.07. The standard InChI is InChI=1S/C8H12N2O2.C6H10O4.C6H14O2.C4H10O2/c11-7-9-5-3-1-2-4-6-10-8-12;7-5(8)3-1-2-4-6(9)10;7-5-3-1-2-4-6-8;5-3-1-2-4-6/h1-6H2;1-4H2,(H,7,8)(H,9,10);7-8H,1-6H2;5-6H,1-4H2. The zero-order valence-corrected chi connectivity index (χ0v) is 21.4. The highest BCUT2D eigenvalue weighted by atomic mass is 16.4. The molecule has 0 aromatic rings. The maximum atomic E-state index is 9.90. The molecule has 0 aliphatic heterocycles. The van der Waals surface area contributed by atoms with E-state index in [-0.39, 0.29) is 39.3 Å². The van der Waals surface area contributed by atoms with E-state index in [4.69, 9.17) is 30.6 Å². The van der Waals surface area contributed by atoms with Crippen LogP contribution in [0.2, 0.25) is 0 Å². The molecule has 0 spiro atoms. The molecule has 0 aromatic heterocycles. The largest absolute Gasteiger partial charge is 0.481 e. The summed E-state index contributed by atoms with van der Waals surface area (Å²) in [4.78, 5) is 45.9. The van der Waals surface area contributed by atoms with Crippen molar-refractivity contribution in [2.75, 3.05) is 39.5 Å². The molecule has 0 unspecified atom stereocenters. The Morgan fingerprint density at radius 1 is 0.472 bits per heavy atom. The van der Waals surface area contributed by atoms with E-state index in [0.29, 0.717) is 25.9 Å². The zero-order chi connectivity index (χ0) is 28.1. The van der Waals surface area contributed by atoms with E-state index in [1.807, 2.05) is 0 Å². The Balaban J connectivity index is -0.000000195. The fraction of sp³-hybridized carbons (Fsp3) is 0.833. The van der Waals surface area contributed by atoms with Crippen molar-refractivity contribution in [2.24, 2.45) is 9.98 Å². The lowest BCUT2D eigenvalue weighted by Gasteiger charge is -1.93. The number of rotatable bonds is 20. The molecule has 0 saturated carbocycles. The minimum atomic E-state index is -0.870. The molecule has 12 heteroatoms. The van der Waals surface area contributed by atoms with Crippen LogP contribution in [0.5, 0.6) is 0 Å². The van der Waals surface area contributed by atoms with Crippen LogP contribution in [0.3, 0.4) is 0 Å². The van der Waals surface area contributed by atoms with Gasteiger partial charge in [0, 0.05) is 39.3 Å². The van der Waals surface area contributed by atoms with Gasteiger partial charge in [-0.3, -0.25) is 9.59 Å². The lowest BCUT2D eigenvalue weighted by Crippen LogP contribution is -1.97. The number of nitrogens with zero attached hydrogens (tertiary/aromatic N) is 2. The maximum absolute atomic E-state index is 9.90. The maximum Gasteiger partial charge on any atom is 0.303 e. The van der Waals surface area contributed by atoms with Crippen LogP contribution in [0.25, 0.3) is 0 Å². The molecule has 0 aliphatic rings. The number of aliphatic hydroxyl groups excluding tert-OH is 4. The Bertz CT molecular complexity index is 501. The quantitative estimate of drug-likeness (QED) is 0.0778. The third-order valence-electron chi connectivity index (χ3n) is 4.08. The smallest absolute Gasteiger partial charge is 0.303 e. The van der Waals surface area contributed by atoms with E-state index in [0.717, 1.165) is 64.2 Å². The highest BCUT2D eigenvalue weighted by Gasteiger charge is 1.99. The van der Waals surface area contributed by atoms with E-state index < -0.39 is 11.9 Å². The molecule has 0 rings (SSSR count). The Morgan fingerprint density at radius 3 is 1.00 bits per heavy atom. The predicted octanol–water partition coefficient (Wildman–Crippen LogP) is 2.22. The van der Waals surface area contributed by atoms with Gasteiger partial charge in [0.1, 0.15) is 0 Å². The number of isocyanates is 2. The first-order valence-corrected chi connectivity index (χ1v) is 12.3. The van der Waals surface area contributed by atoms with Gasteiger partial charge in [-0.25, -0.2) is 19.6 Å². The van der Waals surface area contributed by atoms with Gasteiger partial charge in [-0.2, -0.15) is 0 Å². The molecule has 6 N–H and O–H groups in total. The van der Waals surface area contributed by atoms with Crippen LogP contribution >= 0.6 is 0 Å². The minimum Gasteiger partial charge on any atom is -0.481 e. The second-order valence-electron chi connectivity index (χ2n) is 7.37. The number of carboxylic acid groups (broad SMARTS) is 2. The van der Waals surface area contributed by atoms with Gasteiger partial charge in [-0.1, -0.05) is 25.7 Å². The summed E-state index contributed by atoms with van der Waals surface area (Å²) in [5.41, 5.74) is 0. The van der Waals surface area contributed by atoms with Crippen LogP contribution in [-0.2, 0) is 19.2 Å². The summed E-state index contributed by atoms with van der Waals surface area (Å²) in [6, 6.07) is 0. The van der Waals surface area contributed by atoms with Gasteiger partial charge in [-0.15, -0.1) is 0 Å². The molecule has 212 valence electrons. The van der Waals surface area contributed by atoms with Crippen molar-refractivity contribution >= 4 is 24.1 Å². The monoisotopic (exact) mass is 522 g/mol. The van der Waals surface area contributed by atoms with Crippen LogP contribution in [0.1, 0.15) is 89.9 Å². The number of hydrogen-bond acceptors (Lipinski definition) is 10. The molecule has 0 atom stereocenters. The first kappa shape index (κ1) is 40.7. The van der Waals surface area contributed by atoms with E-state index in [1.165, 1.54) is 12.2 Å². The number of carboxylic acids is 2. The second kappa shape index (κ2) is 42.7. The number of aliphatic carboxylic acids is 2. The molecule has 0 bridgehead atoms. The topological polar surface area (TPSA) is 214 Å². The van der Waals surface area contributed by atoms with Crippen LogP contribution in [0.4, 0.5) is 0 Å². The van der Waals surface area contributed by atoms with Crippen molar-refractivity contribution in [1.82, 2.24) is 0 Å². The van der Waals surface area contributed by atoms with E-state index >= 15 is 0 Å². The molecular weight excluding hydrogens is 476 g/mol.